The number of allylic oxidation sites excluding steroid dienone is 1. The van der Waals surface area contributed by atoms with E-state index in [9.17, 15) is 9.59 Å². The normalized spacial score (nSPS) is 14.4. The minimum atomic E-state index is -0.879. The van der Waals surface area contributed by atoms with E-state index in [0.29, 0.717) is 69.2 Å². The Morgan fingerprint density at radius 1 is 1.00 bits per heavy atom. The molecule has 1 aliphatic rings. The molecule has 14 heteroatoms. The number of ether oxygens (including phenoxy) is 5. The molecule has 0 N–H and O–H groups in total. The highest BCUT2D eigenvalue weighted by Crippen LogP contribution is 2.41. The molecule has 2 heterocycles. The Kier molecular flexibility index (Phi) is 10.9. The highest BCUT2D eigenvalue weighted by Gasteiger charge is 2.35. The van der Waals surface area contributed by atoms with Crippen molar-refractivity contribution < 1.29 is 28.5 Å². The van der Waals surface area contributed by atoms with E-state index in [1.807, 2.05) is 0 Å². The van der Waals surface area contributed by atoms with Crippen LogP contribution in [-0.4, -0.2) is 38.5 Å². The van der Waals surface area contributed by atoms with Gasteiger partial charge in [-0.3, -0.25) is 9.36 Å². The molecule has 5 rings (SSSR count). The van der Waals surface area contributed by atoms with Gasteiger partial charge in [0.05, 0.1) is 54.8 Å². The van der Waals surface area contributed by atoms with Crippen molar-refractivity contribution in [1.82, 2.24) is 4.57 Å². The van der Waals surface area contributed by atoms with E-state index < -0.39 is 12.0 Å². The highest BCUT2D eigenvalue weighted by atomic mass is 79.9. The van der Waals surface area contributed by atoms with Gasteiger partial charge in [0.25, 0.3) is 5.56 Å². The summed E-state index contributed by atoms with van der Waals surface area (Å²) in [6.45, 7) is 3.70. The van der Waals surface area contributed by atoms with Gasteiger partial charge in [0.15, 0.2) is 27.8 Å². The van der Waals surface area contributed by atoms with Crippen molar-refractivity contribution in [2.24, 2.45) is 4.99 Å². The van der Waals surface area contributed by atoms with Gasteiger partial charge in [-0.1, -0.05) is 68.1 Å². The van der Waals surface area contributed by atoms with E-state index in [4.69, 9.17) is 58.5 Å². The zero-order valence-electron chi connectivity index (χ0n) is 25.8. The summed E-state index contributed by atoms with van der Waals surface area (Å²) in [5.74, 6) is 0.985. The first-order valence-electron chi connectivity index (χ1n) is 14.1. The van der Waals surface area contributed by atoms with E-state index in [-0.39, 0.29) is 29.4 Å². The van der Waals surface area contributed by atoms with Gasteiger partial charge in [0.1, 0.15) is 6.61 Å². The SMILES string of the molecule is CCOC(=O)C1=C(C)N=c2s/c(=C\c3cc(Cl)c(OCc4ccc(Cl)cc4Cl)c(OC)c3)c(=O)n2[C@@H]1c1cc(OC)c(OC)cc1Br. The fourth-order valence-corrected chi connectivity index (χ4v) is 7.39. The van der Waals surface area contributed by atoms with Crippen LogP contribution in [0.4, 0.5) is 0 Å². The Balaban J connectivity index is 1.62. The van der Waals surface area contributed by atoms with Crippen LogP contribution in [-0.2, 0) is 16.1 Å². The molecule has 0 saturated heterocycles. The summed E-state index contributed by atoms with van der Waals surface area (Å²) in [5.41, 5.74) is 2.16. The molecule has 0 bridgehead atoms. The lowest BCUT2D eigenvalue weighted by Gasteiger charge is -2.26. The van der Waals surface area contributed by atoms with Gasteiger partial charge in [0.2, 0.25) is 0 Å². The third-order valence-corrected chi connectivity index (χ3v) is 9.79. The van der Waals surface area contributed by atoms with Gasteiger partial charge in [-0.05, 0) is 67.4 Å². The summed E-state index contributed by atoms with van der Waals surface area (Å²) in [7, 11) is 4.53. The fraction of sp³-hybridized carbons (Fsp3) is 0.242. The van der Waals surface area contributed by atoms with Gasteiger partial charge in [-0.15, -0.1) is 0 Å². The number of rotatable bonds is 10. The standard InChI is InChI=1S/C33H28BrCl3N2O7S/c1-6-45-32(41)28-16(2)38-33-39(29(28)20-13-24(42-3)25(43-4)14-21(20)34)31(40)27(47-33)11-17-9-23(37)30(26(10-17)44-5)46-15-18-7-8-19(35)12-22(18)36/h7-14,29H,6,15H2,1-5H3/b27-11-/t29-/m1/s1. The average molecular weight is 783 g/mol. The van der Waals surface area contributed by atoms with Crippen molar-refractivity contribution >= 4 is 74.1 Å². The van der Waals surface area contributed by atoms with Crippen molar-refractivity contribution in [3.63, 3.8) is 0 Å². The van der Waals surface area contributed by atoms with Crippen LogP contribution in [0.1, 0.15) is 36.6 Å². The van der Waals surface area contributed by atoms with Crippen molar-refractivity contribution in [2.45, 2.75) is 26.5 Å². The quantitative estimate of drug-likeness (QED) is 0.158. The second-order valence-electron chi connectivity index (χ2n) is 10.1. The Morgan fingerprint density at radius 2 is 1.70 bits per heavy atom. The van der Waals surface area contributed by atoms with Crippen molar-refractivity contribution in [2.75, 3.05) is 27.9 Å². The zero-order valence-corrected chi connectivity index (χ0v) is 30.5. The molecule has 0 unspecified atom stereocenters. The van der Waals surface area contributed by atoms with Gasteiger partial charge >= 0.3 is 5.97 Å². The number of carbonyl (C=O) groups excluding carboxylic acids is 1. The first-order chi connectivity index (χ1) is 22.5. The number of nitrogens with zero attached hydrogens (tertiary/aromatic N) is 2. The van der Waals surface area contributed by atoms with Crippen LogP contribution in [0.15, 0.2) is 68.0 Å². The van der Waals surface area contributed by atoms with Gasteiger partial charge in [0, 0.05) is 20.1 Å². The Labute approximate surface area is 297 Å². The average Bonchev–Trinajstić information content (AvgIpc) is 3.33. The number of carbonyl (C=O) groups is 1. The van der Waals surface area contributed by atoms with Gasteiger partial charge in [-0.2, -0.15) is 0 Å². The summed E-state index contributed by atoms with van der Waals surface area (Å²) in [6, 6.07) is 11.1. The molecular formula is C33H28BrCl3N2O7S. The molecule has 0 radical (unpaired) electrons. The maximum atomic E-state index is 14.2. The number of esters is 1. The Bertz CT molecular complexity index is 2090. The summed E-state index contributed by atoms with van der Waals surface area (Å²) in [5, 5.41) is 1.24. The Hall–Kier alpha value is -3.48. The molecule has 1 aromatic heterocycles. The van der Waals surface area contributed by atoms with E-state index in [0.717, 1.165) is 0 Å². The molecule has 3 aromatic carbocycles. The van der Waals surface area contributed by atoms with E-state index >= 15 is 0 Å². The summed E-state index contributed by atoms with van der Waals surface area (Å²) >= 11 is 23.8. The lowest BCUT2D eigenvalue weighted by molar-refractivity contribution is -0.139. The topological polar surface area (TPSA) is 97.6 Å². The van der Waals surface area contributed by atoms with Crippen LogP contribution in [0.5, 0.6) is 23.0 Å². The monoisotopic (exact) mass is 780 g/mol. The van der Waals surface area contributed by atoms with Crippen LogP contribution in [0.2, 0.25) is 15.1 Å². The molecule has 47 heavy (non-hydrogen) atoms. The second-order valence-corrected chi connectivity index (χ2v) is 13.2. The molecule has 1 aliphatic heterocycles. The first kappa shape index (κ1) is 34.8. The third kappa shape index (κ3) is 7.05. The summed E-state index contributed by atoms with van der Waals surface area (Å²) in [6.07, 6.45) is 1.68. The molecule has 0 spiro atoms. The fourth-order valence-electron chi connectivity index (χ4n) is 5.07. The number of methoxy groups -OCH3 is 3. The summed E-state index contributed by atoms with van der Waals surface area (Å²) < 4.78 is 30.4. The highest BCUT2D eigenvalue weighted by molar-refractivity contribution is 9.10. The predicted molar refractivity (Wildman–Crippen MR) is 186 cm³/mol. The smallest absolute Gasteiger partial charge is 0.338 e. The number of hydrogen-bond acceptors (Lipinski definition) is 9. The van der Waals surface area contributed by atoms with Crippen molar-refractivity contribution in [1.29, 1.82) is 0 Å². The number of halogens is 4. The molecule has 9 nitrogen and oxygen atoms in total. The molecule has 0 amide bonds. The van der Waals surface area contributed by atoms with Crippen LogP contribution in [0.3, 0.4) is 0 Å². The minimum absolute atomic E-state index is 0.123. The number of fused-ring (bicyclic) bond motifs is 1. The maximum absolute atomic E-state index is 14.2. The molecule has 246 valence electrons. The number of aromatic nitrogens is 1. The predicted octanol–water partition coefficient (Wildman–Crippen LogP) is 7.13. The Morgan fingerprint density at radius 3 is 2.36 bits per heavy atom. The van der Waals surface area contributed by atoms with Gasteiger partial charge < -0.3 is 23.7 Å². The van der Waals surface area contributed by atoms with Crippen LogP contribution in [0.25, 0.3) is 6.08 Å². The molecule has 1 atom stereocenters. The van der Waals surface area contributed by atoms with Crippen LogP contribution in [0, 0.1) is 0 Å². The lowest BCUT2D eigenvalue weighted by Crippen LogP contribution is -2.40. The molecule has 0 aliphatic carbocycles. The molecule has 0 saturated carbocycles. The number of thiazole rings is 1. The van der Waals surface area contributed by atoms with E-state index in [2.05, 4.69) is 20.9 Å². The summed E-state index contributed by atoms with van der Waals surface area (Å²) in [4.78, 5) is 32.5. The van der Waals surface area contributed by atoms with Crippen molar-refractivity contribution in [3.8, 4) is 23.0 Å². The van der Waals surface area contributed by atoms with Crippen LogP contribution >= 0.6 is 62.1 Å². The maximum Gasteiger partial charge on any atom is 0.338 e. The van der Waals surface area contributed by atoms with E-state index in [1.165, 1.54) is 37.2 Å². The van der Waals surface area contributed by atoms with Crippen molar-refractivity contribution in [3.05, 3.63) is 110 Å². The first-order valence-corrected chi connectivity index (χ1v) is 16.8. The second kappa shape index (κ2) is 14.7. The number of benzene rings is 3. The van der Waals surface area contributed by atoms with Crippen LogP contribution < -0.4 is 33.8 Å². The molecule has 4 aromatic rings. The zero-order chi connectivity index (χ0) is 34.0. The minimum Gasteiger partial charge on any atom is -0.493 e. The van der Waals surface area contributed by atoms with E-state index in [1.54, 1.807) is 62.4 Å². The largest absolute Gasteiger partial charge is 0.493 e. The molecular weight excluding hydrogens is 755 g/mol. The van der Waals surface area contributed by atoms with Gasteiger partial charge in [-0.25, -0.2) is 9.79 Å². The lowest BCUT2D eigenvalue weighted by atomic mass is 9.95. The number of hydrogen-bond donors (Lipinski definition) is 0. The molecule has 0 fully saturated rings. The third-order valence-electron chi connectivity index (χ3n) is 7.25.